The molecule has 3 heterocycles. The van der Waals surface area contributed by atoms with Crippen LogP contribution in [0.3, 0.4) is 0 Å². The first-order valence-electron chi connectivity index (χ1n) is 11.0. The maximum Gasteiger partial charge on any atom is 0.305 e. The van der Waals surface area contributed by atoms with Gasteiger partial charge in [-0.3, -0.25) is 19.4 Å². The van der Waals surface area contributed by atoms with Crippen LogP contribution in [-0.4, -0.2) is 69.7 Å². The molecule has 9 nitrogen and oxygen atoms in total. The van der Waals surface area contributed by atoms with Crippen molar-refractivity contribution in [3.8, 4) is 0 Å². The fourth-order valence-electron chi connectivity index (χ4n) is 3.53. The van der Waals surface area contributed by atoms with E-state index >= 15 is 0 Å². The second-order valence-corrected chi connectivity index (χ2v) is 8.45. The quantitative estimate of drug-likeness (QED) is 0.732. The van der Waals surface area contributed by atoms with Gasteiger partial charge >= 0.3 is 5.97 Å². The predicted octanol–water partition coefficient (Wildman–Crippen LogP) is 1.64. The van der Waals surface area contributed by atoms with Crippen molar-refractivity contribution in [3.05, 3.63) is 42.0 Å². The van der Waals surface area contributed by atoms with E-state index in [2.05, 4.69) is 39.5 Å². The SMILES string of the molecule is C[C@@H]1COC(=O)CCCn2cc(nn2)CO[C@H](CN(C)Cc2ccncc2)[C@H](C)CN1. The molecule has 1 aliphatic heterocycles. The molecule has 0 spiro atoms. The maximum atomic E-state index is 11.9. The predicted molar refractivity (Wildman–Crippen MR) is 116 cm³/mol. The highest BCUT2D eigenvalue weighted by Gasteiger charge is 2.22. The zero-order chi connectivity index (χ0) is 22.1. The van der Waals surface area contributed by atoms with Crippen molar-refractivity contribution in [3.63, 3.8) is 0 Å². The number of carbonyl (C=O) groups is 1. The molecule has 0 aliphatic carbocycles. The molecule has 2 aromatic rings. The molecule has 1 aliphatic rings. The van der Waals surface area contributed by atoms with E-state index in [0.717, 1.165) is 25.3 Å². The molecule has 0 fully saturated rings. The van der Waals surface area contributed by atoms with Crippen LogP contribution in [-0.2, 0) is 34.0 Å². The van der Waals surface area contributed by atoms with Crippen molar-refractivity contribution >= 4 is 5.97 Å². The normalized spacial score (nSPS) is 24.1. The molecule has 2 aromatic heterocycles. The van der Waals surface area contributed by atoms with E-state index in [1.165, 1.54) is 5.56 Å². The van der Waals surface area contributed by atoms with Gasteiger partial charge in [0, 0.05) is 51.0 Å². The summed E-state index contributed by atoms with van der Waals surface area (Å²) in [5.41, 5.74) is 2.01. The lowest BCUT2D eigenvalue weighted by Gasteiger charge is -2.29. The molecule has 0 unspecified atom stereocenters. The summed E-state index contributed by atoms with van der Waals surface area (Å²) in [5, 5.41) is 11.8. The minimum Gasteiger partial charge on any atom is -0.464 e. The van der Waals surface area contributed by atoms with Gasteiger partial charge in [0.2, 0.25) is 0 Å². The van der Waals surface area contributed by atoms with Gasteiger partial charge in [0.25, 0.3) is 0 Å². The van der Waals surface area contributed by atoms with E-state index in [9.17, 15) is 4.79 Å². The van der Waals surface area contributed by atoms with E-state index in [1.54, 1.807) is 4.68 Å². The van der Waals surface area contributed by atoms with Crippen molar-refractivity contribution in [1.29, 1.82) is 0 Å². The molecular formula is C22H34N6O3. The topological polar surface area (TPSA) is 94.4 Å². The lowest BCUT2D eigenvalue weighted by molar-refractivity contribution is -0.144. The molecule has 0 saturated heterocycles. The number of ether oxygens (including phenoxy) is 2. The van der Waals surface area contributed by atoms with Crippen molar-refractivity contribution in [2.75, 3.05) is 26.7 Å². The van der Waals surface area contributed by atoms with Gasteiger partial charge in [0.15, 0.2) is 0 Å². The summed E-state index contributed by atoms with van der Waals surface area (Å²) >= 11 is 0. The number of aromatic nitrogens is 4. The van der Waals surface area contributed by atoms with Crippen molar-refractivity contribution in [2.45, 2.75) is 58.5 Å². The van der Waals surface area contributed by atoms with E-state index < -0.39 is 0 Å². The summed E-state index contributed by atoms with van der Waals surface area (Å²) in [6.45, 7) is 7.99. The molecule has 2 bridgehead atoms. The second-order valence-electron chi connectivity index (χ2n) is 8.45. The Balaban J connectivity index is 1.65. The summed E-state index contributed by atoms with van der Waals surface area (Å²) in [7, 11) is 2.10. The summed E-state index contributed by atoms with van der Waals surface area (Å²) < 4.78 is 13.5. The van der Waals surface area contributed by atoms with Gasteiger partial charge in [0.05, 0.1) is 18.9 Å². The second kappa shape index (κ2) is 11.9. The van der Waals surface area contributed by atoms with Crippen LogP contribution >= 0.6 is 0 Å². The van der Waals surface area contributed by atoms with Crippen LogP contribution in [0.1, 0.15) is 37.9 Å². The van der Waals surface area contributed by atoms with Crippen molar-refractivity contribution in [1.82, 2.24) is 30.2 Å². The Morgan fingerprint density at radius 2 is 2.10 bits per heavy atom. The molecule has 31 heavy (non-hydrogen) atoms. The van der Waals surface area contributed by atoms with Crippen LogP contribution in [0.4, 0.5) is 0 Å². The fourth-order valence-corrected chi connectivity index (χ4v) is 3.53. The van der Waals surface area contributed by atoms with Gasteiger partial charge < -0.3 is 14.8 Å². The maximum absolute atomic E-state index is 11.9. The summed E-state index contributed by atoms with van der Waals surface area (Å²) in [6, 6.07) is 4.15. The first kappa shape index (κ1) is 23.3. The molecule has 0 amide bonds. The number of carbonyl (C=O) groups excluding carboxylic acids is 1. The molecule has 170 valence electrons. The van der Waals surface area contributed by atoms with Crippen LogP contribution in [0, 0.1) is 5.92 Å². The highest BCUT2D eigenvalue weighted by molar-refractivity contribution is 5.69. The van der Waals surface area contributed by atoms with Crippen LogP contribution in [0.25, 0.3) is 0 Å². The average Bonchev–Trinajstić information content (AvgIpc) is 3.21. The van der Waals surface area contributed by atoms with E-state index in [-0.39, 0.29) is 24.0 Å². The number of likely N-dealkylation sites (N-methyl/N-ethyl adjacent to an activating group) is 1. The van der Waals surface area contributed by atoms with Crippen LogP contribution in [0.2, 0.25) is 0 Å². The molecule has 0 aromatic carbocycles. The number of nitrogens with zero attached hydrogens (tertiary/aromatic N) is 5. The van der Waals surface area contributed by atoms with Gasteiger partial charge in [-0.05, 0) is 44.0 Å². The lowest BCUT2D eigenvalue weighted by Crippen LogP contribution is -2.42. The molecule has 3 atom stereocenters. The minimum atomic E-state index is -0.173. The third-order valence-corrected chi connectivity index (χ3v) is 5.41. The largest absolute Gasteiger partial charge is 0.464 e. The van der Waals surface area contributed by atoms with Crippen molar-refractivity contribution < 1.29 is 14.3 Å². The number of rotatable bonds is 4. The van der Waals surface area contributed by atoms with Gasteiger partial charge in [0.1, 0.15) is 12.3 Å². The minimum absolute atomic E-state index is 0.00661. The molecule has 3 rings (SSSR count). The summed E-state index contributed by atoms with van der Waals surface area (Å²) in [4.78, 5) is 18.3. The lowest BCUT2D eigenvalue weighted by atomic mass is 10.0. The zero-order valence-electron chi connectivity index (χ0n) is 18.7. The highest BCUT2D eigenvalue weighted by atomic mass is 16.5. The van der Waals surface area contributed by atoms with Gasteiger partial charge in [-0.2, -0.15) is 0 Å². The number of cyclic esters (lactones) is 1. The molecule has 1 N–H and O–H groups in total. The van der Waals surface area contributed by atoms with Crippen LogP contribution in [0.15, 0.2) is 30.7 Å². The van der Waals surface area contributed by atoms with E-state index in [1.807, 2.05) is 37.6 Å². The number of pyridine rings is 1. The first-order valence-corrected chi connectivity index (χ1v) is 11.0. The first-order chi connectivity index (χ1) is 15.0. The van der Waals surface area contributed by atoms with Crippen LogP contribution < -0.4 is 5.32 Å². The number of aryl methyl sites for hydroxylation is 1. The standard InChI is InChI=1S/C22H34N6O3/c1-17-11-24-18(2)15-31-22(29)5-4-10-28-13-20(25-26-28)16-30-21(17)14-27(3)12-19-6-8-23-9-7-19/h6-9,13,17-18,21,24H,4-5,10-12,14-16H2,1-3H3/t17-,18-,21-/m1/s1. The molecule has 0 radical (unpaired) electrons. The molecule has 0 saturated carbocycles. The summed E-state index contributed by atoms with van der Waals surface area (Å²) in [6.07, 6.45) is 6.57. The summed E-state index contributed by atoms with van der Waals surface area (Å²) in [5.74, 6) is 0.0778. The average molecular weight is 431 g/mol. The Morgan fingerprint density at radius 3 is 2.90 bits per heavy atom. The fraction of sp³-hybridized carbons (Fsp3) is 0.636. The van der Waals surface area contributed by atoms with Gasteiger partial charge in [-0.25, -0.2) is 0 Å². The highest BCUT2D eigenvalue weighted by Crippen LogP contribution is 2.14. The third kappa shape index (κ3) is 8.01. The van der Waals surface area contributed by atoms with E-state index in [4.69, 9.17) is 9.47 Å². The van der Waals surface area contributed by atoms with Crippen LogP contribution in [0.5, 0.6) is 0 Å². The number of hydrogen-bond acceptors (Lipinski definition) is 8. The van der Waals surface area contributed by atoms with E-state index in [0.29, 0.717) is 32.6 Å². The Kier molecular flexibility index (Phi) is 8.93. The van der Waals surface area contributed by atoms with Gasteiger partial charge in [-0.15, -0.1) is 5.10 Å². The monoisotopic (exact) mass is 430 g/mol. The smallest absolute Gasteiger partial charge is 0.305 e. The number of hydrogen-bond donors (Lipinski definition) is 1. The number of nitrogens with one attached hydrogen (secondary N) is 1. The Bertz CT molecular complexity index is 800. The Morgan fingerprint density at radius 1 is 1.29 bits per heavy atom. The third-order valence-electron chi connectivity index (χ3n) is 5.41. The molecular weight excluding hydrogens is 396 g/mol. The van der Waals surface area contributed by atoms with Gasteiger partial charge in [-0.1, -0.05) is 12.1 Å². The van der Waals surface area contributed by atoms with Crippen molar-refractivity contribution in [2.24, 2.45) is 5.92 Å². The Labute approximate surface area is 184 Å². The molecule has 9 heteroatoms. The number of fused-ring (bicyclic) bond motifs is 2. The number of esters is 1. The zero-order valence-corrected chi connectivity index (χ0v) is 18.7. The Hall–Kier alpha value is -2.36.